The summed E-state index contributed by atoms with van der Waals surface area (Å²) in [5.41, 5.74) is 1.15. The van der Waals surface area contributed by atoms with Crippen LogP contribution in [0, 0.1) is 10.1 Å². The zero-order valence-corrected chi connectivity index (χ0v) is 13.9. The predicted molar refractivity (Wildman–Crippen MR) is 96.9 cm³/mol. The minimum atomic E-state index is -0.474. The average Bonchev–Trinajstić information content (AvgIpc) is 2.94. The Morgan fingerprint density at radius 3 is 2.80 bits per heavy atom. The van der Waals surface area contributed by atoms with Crippen molar-refractivity contribution in [2.75, 3.05) is 7.11 Å². The number of aliphatic imine (C=N–C) groups is 1. The topological polar surface area (TPSA) is 93.8 Å². The van der Waals surface area contributed by atoms with Gasteiger partial charge in [0, 0.05) is 12.1 Å². The van der Waals surface area contributed by atoms with Crippen molar-refractivity contribution in [3.8, 4) is 5.75 Å². The number of hydrogen-bond acceptors (Lipinski definition) is 6. The van der Waals surface area contributed by atoms with Crippen molar-refractivity contribution in [2.45, 2.75) is 0 Å². The number of rotatable bonds is 4. The van der Waals surface area contributed by atoms with E-state index >= 15 is 0 Å². The molecule has 3 rings (SSSR count). The van der Waals surface area contributed by atoms with Crippen molar-refractivity contribution < 1.29 is 14.5 Å². The lowest BCUT2D eigenvalue weighted by Crippen LogP contribution is -2.19. The Labute approximate surface area is 147 Å². The summed E-state index contributed by atoms with van der Waals surface area (Å²) in [5, 5.41) is 13.9. The maximum Gasteiger partial charge on any atom is 0.270 e. The highest BCUT2D eigenvalue weighted by atomic mass is 32.2. The number of ether oxygens (including phenoxy) is 1. The third-order valence-electron chi connectivity index (χ3n) is 3.34. The molecule has 0 atom stereocenters. The van der Waals surface area contributed by atoms with Gasteiger partial charge in [-0.05, 0) is 35.5 Å². The van der Waals surface area contributed by atoms with Gasteiger partial charge < -0.3 is 10.1 Å². The normalized spacial score (nSPS) is 16.9. The summed E-state index contributed by atoms with van der Waals surface area (Å²) in [4.78, 5) is 27.3. The Balaban J connectivity index is 1.86. The summed E-state index contributed by atoms with van der Waals surface area (Å²) in [6.45, 7) is 0. The SMILES string of the molecule is COc1ccccc1N=C1NC(=O)/C(=C/c2cccc([N+](=O)[O-])c2)S1. The average molecular weight is 355 g/mol. The maximum atomic E-state index is 12.1. The summed E-state index contributed by atoms with van der Waals surface area (Å²) >= 11 is 1.17. The van der Waals surface area contributed by atoms with E-state index in [1.54, 1.807) is 37.5 Å². The minimum Gasteiger partial charge on any atom is -0.494 e. The highest BCUT2D eigenvalue weighted by Gasteiger charge is 2.24. The molecule has 1 aliphatic heterocycles. The molecule has 0 radical (unpaired) electrons. The summed E-state index contributed by atoms with van der Waals surface area (Å²) in [7, 11) is 1.55. The van der Waals surface area contributed by atoms with Crippen LogP contribution in [0.15, 0.2) is 58.4 Å². The van der Waals surface area contributed by atoms with Crippen molar-refractivity contribution in [1.82, 2.24) is 5.32 Å². The summed E-state index contributed by atoms with van der Waals surface area (Å²) < 4.78 is 5.23. The Bertz CT molecular complexity index is 908. The first-order valence-electron chi connectivity index (χ1n) is 7.24. The number of carbonyl (C=O) groups is 1. The number of nitrogens with zero attached hydrogens (tertiary/aromatic N) is 2. The van der Waals surface area contributed by atoms with Gasteiger partial charge in [0.15, 0.2) is 5.17 Å². The standard InChI is InChI=1S/C17H13N3O4S/c1-24-14-8-3-2-7-13(14)18-17-19-16(21)15(25-17)10-11-5-4-6-12(9-11)20(22)23/h2-10H,1H3,(H,18,19,21)/b15-10-. The van der Waals surface area contributed by atoms with Gasteiger partial charge in [-0.2, -0.15) is 0 Å². The van der Waals surface area contributed by atoms with Crippen molar-refractivity contribution >= 4 is 40.3 Å². The molecule has 0 bridgehead atoms. The molecule has 0 spiro atoms. The number of amides is 1. The molecule has 1 heterocycles. The number of non-ortho nitro benzene ring substituents is 1. The molecule has 2 aromatic rings. The first kappa shape index (κ1) is 16.7. The summed E-state index contributed by atoms with van der Waals surface area (Å²) in [5.74, 6) is 0.297. The largest absolute Gasteiger partial charge is 0.494 e. The van der Waals surface area contributed by atoms with E-state index in [0.717, 1.165) is 0 Å². The lowest BCUT2D eigenvalue weighted by Gasteiger charge is -2.03. The number of nitrogens with one attached hydrogen (secondary N) is 1. The highest BCUT2D eigenvalue weighted by Crippen LogP contribution is 2.32. The number of carbonyl (C=O) groups excluding carboxylic acids is 1. The molecular weight excluding hydrogens is 342 g/mol. The van der Waals surface area contributed by atoms with Crippen molar-refractivity contribution in [3.63, 3.8) is 0 Å². The molecule has 8 heteroatoms. The van der Waals surface area contributed by atoms with Gasteiger partial charge in [0.2, 0.25) is 0 Å². The van der Waals surface area contributed by atoms with Crippen LogP contribution in [0.1, 0.15) is 5.56 Å². The van der Waals surface area contributed by atoms with Gasteiger partial charge in [-0.15, -0.1) is 0 Å². The molecule has 1 amide bonds. The van der Waals surface area contributed by atoms with Crippen LogP contribution in [0.2, 0.25) is 0 Å². The number of nitro groups is 1. The number of amidine groups is 1. The van der Waals surface area contributed by atoms with E-state index in [2.05, 4.69) is 10.3 Å². The number of methoxy groups -OCH3 is 1. The van der Waals surface area contributed by atoms with Gasteiger partial charge in [0.1, 0.15) is 11.4 Å². The van der Waals surface area contributed by atoms with E-state index < -0.39 is 4.92 Å². The van der Waals surface area contributed by atoms with Gasteiger partial charge in [-0.3, -0.25) is 14.9 Å². The Morgan fingerprint density at radius 1 is 1.24 bits per heavy atom. The molecule has 0 saturated carbocycles. The second-order valence-corrected chi connectivity index (χ2v) is 6.04. The van der Waals surface area contributed by atoms with Gasteiger partial charge in [-0.25, -0.2) is 4.99 Å². The van der Waals surface area contributed by atoms with E-state index in [-0.39, 0.29) is 11.6 Å². The number of nitro benzene ring substituents is 1. The van der Waals surface area contributed by atoms with Crippen molar-refractivity contribution in [3.05, 3.63) is 69.1 Å². The van der Waals surface area contributed by atoms with Crippen LogP contribution in [-0.4, -0.2) is 23.1 Å². The fraction of sp³-hybridized carbons (Fsp3) is 0.0588. The zero-order valence-electron chi connectivity index (χ0n) is 13.1. The predicted octanol–water partition coefficient (Wildman–Crippen LogP) is 3.50. The number of thioether (sulfide) groups is 1. The third-order valence-corrected chi connectivity index (χ3v) is 4.25. The molecule has 1 fully saturated rings. The second-order valence-electron chi connectivity index (χ2n) is 5.01. The second kappa shape index (κ2) is 7.18. The maximum absolute atomic E-state index is 12.1. The highest BCUT2D eigenvalue weighted by molar-refractivity contribution is 8.18. The molecule has 0 unspecified atom stereocenters. The minimum absolute atomic E-state index is 0.0272. The molecule has 0 aromatic heterocycles. The zero-order chi connectivity index (χ0) is 17.8. The van der Waals surface area contributed by atoms with Crippen LogP contribution >= 0.6 is 11.8 Å². The molecule has 1 aliphatic rings. The lowest BCUT2D eigenvalue weighted by atomic mass is 10.2. The monoisotopic (exact) mass is 355 g/mol. The molecule has 126 valence electrons. The Hall–Kier alpha value is -3.13. The first-order valence-corrected chi connectivity index (χ1v) is 8.05. The number of hydrogen-bond donors (Lipinski definition) is 1. The molecule has 25 heavy (non-hydrogen) atoms. The van der Waals surface area contributed by atoms with Crippen LogP contribution in [0.4, 0.5) is 11.4 Å². The number of para-hydroxylation sites is 2. The molecule has 7 nitrogen and oxygen atoms in total. The lowest BCUT2D eigenvalue weighted by molar-refractivity contribution is -0.384. The third kappa shape index (κ3) is 3.86. The smallest absolute Gasteiger partial charge is 0.270 e. The van der Waals surface area contributed by atoms with Crippen LogP contribution in [0.5, 0.6) is 5.75 Å². The Morgan fingerprint density at radius 2 is 2.04 bits per heavy atom. The van der Waals surface area contributed by atoms with Crippen molar-refractivity contribution in [2.24, 2.45) is 4.99 Å². The Kier molecular flexibility index (Phi) is 4.80. The van der Waals surface area contributed by atoms with Crippen LogP contribution in [0.25, 0.3) is 6.08 Å². The summed E-state index contributed by atoms with van der Waals surface area (Å²) in [6, 6.07) is 13.3. The van der Waals surface area contributed by atoms with Gasteiger partial charge >= 0.3 is 0 Å². The molecule has 1 N–H and O–H groups in total. The van der Waals surface area contributed by atoms with E-state index in [0.29, 0.717) is 27.1 Å². The van der Waals surface area contributed by atoms with E-state index in [1.807, 2.05) is 12.1 Å². The molecular formula is C17H13N3O4S. The van der Waals surface area contributed by atoms with Gasteiger partial charge in [-0.1, -0.05) is 24.3 Å². The molecule has 1 saturated heterocycles. The van der Waals surface area contributed by atoms with E-state index in [1.165, 1.54) is 23.9 Å². The first-order chi connectivity index (χ1) is 12.1. The number of benzene rings is 2. The molecule has 0 aliphatic carbocycles. The fourth-order valence-electron chi connectivity index (χ4n) is 2.19. The van der Waals surface area contributed by atoms with E-state index in [4.69, 9.17) is 4.74 Å². The van der Waals surface area contributed by atoms with E-state index in [9.17, 15) is 14.9 Å². The quantitative estimate of drug-likeness (QED) is 0.515. The van der Waals surface area contributed by atoms with Crippen LogP contribution < -0.4 is 10.1 Å². The molecule has 2 aromatic carbocycles. The van der Waals surface area contributed by atoms with Crippen molar-refractivity contribution in [1.29, 1.82) is 0 Å². The van der Waals surface area contributed by atoms with Crippen LogP contribution in [-0.2, 0) is 4.79 Å². The van der Waals surface area contributed by atoms with Gasteiger partial charge in [0.25, 0.3) is 11.6 Å². The summed E-state index contributed by atoms with van der Waals surface area (Å²) in [6.07, 6.45) is 1.59. The van der Waals surface area contributed by atoms with Crippen LogP contribution in [0.3, 0.4) is 0 Å². The van der Waals surface area contributed by atoms with Gasteiger partial charge in [0.05, 0.1) is 16.9 Å². The fourth-order valence-corrected chi connectivity index (χ4v) is 3.03.